The van der Waals surface area contributed by atoms with Gasteiger partial charge in [-0.25, -0.2) is 0 Å². The number of anilines is 3. The van der Waals surface area contributed by atoms with E-state index < -0.39 is 6.10 Å². The molecule has 1 fully saturated rings. The van der Waals surface area contributed by atoms with Gasteiger partial charge in [0.15, 0.2) is 0 Å². The first-order chi connectivity index (χ1) is 10.0. The summed E-state index contributed by atoms with van der Waals surface area (Å²) in [5, 5.41) is 12.9. The summed E-state index contributed by atoms with van der Waals surface area (Å²) in [5.74, 6) is 1.73. The number of nitrogens with zero attached hydrogens (tertiary/aromatic N) is 4. The maximum atomic E-state index is 9.89. The maximum absolute atomic E-state index is 9.89. The number of piperidine rings is 1. The van der Waals surface area contributed by atoms with Gasteiger partial charge in [0.2, 0.25) is 17.8 Å². The van der Waals surface area contributed by atoms with E-state index in [1.165, 1.54) is 6.42 Å². The molecule has 1 aromatic heterocycles. The van der Waals surface area contributed by atoms with Crippen LogP contribution in [0.3, 0.4) is 0 Å². The van der Waals surface area contributed by atoms with Gasteiger partial charge in [-0.05, 0) is 31.6 Å². The van der Waals surface area contributed by atoms with E-state index in [4.69, 9.17) is 5.73 Å². The topological polar surface area (TPSA) is 100 Å². The molecule has 0 amide bonds. The van der Waals surface area contributed by atoms with Crippen LogP contribution in [0, 0.1) is 5.92 Å². The van der Waals surface area contributed by atoms with Gasteiger partial charge in [0.1, 0.15) is 0 Å². The summed E-state index contributed by atoms with van der Waals surface area (Å²) in [6.07, 6.45) is 3.89. The second-order valence-corrected chi connectivity index (χ2v) is 6.03. The largest absolute Gasteiger partial charge is 0.391 e. The van der Waals surface area contributed by atoms with Crippen molar-refractivity contribution in [1.29, 1.82) is 0 Å². The first kappa shape index (κ1) is 15.8. The van der Waals surface area contributed by atoms with Crippen LogP contribution in [0.25, 0.3) is 0 Å². The van der Waals surface area contributed by atoms with Gasteiger partial charge in [-0.1, -0.05) is 13.8 Å². The maximum Gasteiger partial charge on any atom is 0.231 e. The van der Waals surface area contributed by atoms with Crippen LogP contribution in [0.1, 0.15) is 39.5 Å². The fourth-order valence-electron chi connectivity index (χ4n) is 2.53. The highest BCUT2D eigenvalue weighted by Gasteiger charge is 2.16. The standard InChI is InChI=1S/C14H26N6O/c1-10(2)8-11(21)9-16-13-17-12(15)18-14(19-13)20-6-4-3-5-7-20/h10-11,21H,3-9H2,1-2H3,(H3,15,16,17,18,19). The Hall–Kier alpha value is -1.63. The molecule has 0 aromatic carbocycles. The van der Waals surface area contributed by atoms with Gasteiger partial charge in [-0.15, -0.1) is 0 Å². The summed E-state index contributed by atoms with van der Waals surface area (Å²) in [6, 6.07) is 0. The Bertz CT molecular complexity index is 447. The summed E-state index contributed by atoms with van der Waals surface area (Å²) in [4.78, 5) is 14.8. The Labute approximate surface area is 126 Å². The number of aliphatic hydroxyl groups excluding tert-OH is 1. The van der Waals surface area contributed by atoms with Crippen molar-refractivity contribution in [1.82, 2.24) is 15.0 Å². The van der Waals surface area contributed by atoms with E-state index in [-0.39, 0.29) is 5.95 Å². The number of nitrogen functional groups attached to an aromatic ring is 1. The van der Waals surface area contributed by atoms with Gasteiger partial charge in [-0.3, -0.25) is 0 Å². The number of hydrogen-bond donors (Lipinski definition) is 3. The molecule has 21 heavy (non-hydrogen) atoms. The summed E-state index contributed by atoms with van der Waals surface area (Å²) < 4.78 is 0. The van der Waals surface area contributed by atoms with Crippen LogP contribution in [0.15, 0.2) is 0 Å². The van der Waals surface area contributed by atoms with Gasteiger partial charge < -0.3 is 21.1 Å². The molecule has 0 radical (unpaired) electrons. The van der Waals surface area contributed by atoms with Gasteiger partial charge in [-0.2, -0.15) is 15.0 Å². The van der Waals surface area contributed by atoms with Gasteiger partial charge in [0.05, 0.1) is 6.10 Å². The van der Waals surface area contributed by atoms with Gasteiger partial charge in [0.25, 0.3) is 0 Å². The second-order valence-electron chi connectivity index (χ2n) is 6.03. The van der Waals surface area contributed by atoms with Crippen LogP contribution in [0.5, 0.6) is 0 Å². The van der Waals surface area contributed by atoms with Crippen LogP contribution in [-0.2, 0) is 0 Å². The van der Waals surface area contributed by atoms with Crippen molar-refractivity contribution in [2.75, 3.05) is 35.6 Å². The molecule has 4 N–H and O–H groups in total. The molecular weight excluding hydrogens is 268 g/mol. The minimum Gasteiger partial charge on any atom is -0.391 e. The molecule has 1 aliphatic rings. The highest BCUT2D eigenvalue weighted by molar-refractivity contribution is 5.42. The number of hydrogen-bond acceptors (Lipinski definition) is 7. The molecule has 2 rings (SSSR count). The SMILES string of the molecule is CC(C)CC(O)CNc1nc(N)nc(N2CCCCC2)n1. The molecule has 0 aliphatic carbocycles. The molecule has 1 aliphatic heterocycles. The minimum atomic E-state index is -0.415. The molecule has 1 unspecified atom stereocenters. The lowest BCUT2D eigenvalue weighted by Gasteiger charge is -2.26. The monoisotopic (exact) mass is 294 g/mol. The quantitative estimate of drug-likeness (QED) is 0.726. The van der Waals surface area contributed by atoms with Crippen LogP contribution < -0.4 is 16.0 Å². The van der Waals surface area contributed by atoms with Crippen molar-refractivity contribution in [2.24, 2.45) is 5.92 Å². The number of rotatable bonds is 6. The normalized spacial score (nSPS) is 17.0. The van der Waals surface area contributed by atoms with Crippen molar-refractivity contribution < 1.29 is 5.11 Å². The highest BCUT2D eigenvalue weighted by Crippen LogP contribution is 2.17. The molecule has 1 atom stereocenters. The smallest absolute Gasteiger partial charge is 0.231 e. The van der Waals surface area contributed by atoms with Crippen molar-refractivity contribution in [3.05, 3.63) is 0 Å². The lowest BCUT2D eigenvalue weighted by atomic mass is 10.1. The lowest BCUT2D eigenvalue weighted by Crippen LogP contribution is -2.32. The van der Waals surface area contributed by atoms with Gasteiger partial charge in [0, 0.05) is 19.6 Å². The first-order valence-electron chi connectivity index (χ1n) is 7.73. The van der Waals surface area contributed by atoms with E-state index >= 15 is 0 Å². The Morgan fingerprint density at radius 1 is 1.19 bits per heavy atom. The summed E-state index contributed by atoms with van der Waals surface area (Å²) >= 11 is 0. The Balaban J connectivity index is 1.97. The van der Waals surface area contributed by atoms with Crippen LogP contribution in [0.4, 0.5) is 17.8 Å². The molecule has 0 saturated carbocycles. The van der Waals surface area contributed by atoms with Crippen LogP contribution in [-0.4, -0.2) is 45.8 Å². The zero-order valence-corrected chi connectivity index (χ0v) is 12.9. The summed E-state index contributed by atoms with van der Waals surface area (Å²) in [5.41, 5.74) is 5.76. The van der Waals surface area contributed by atoms with Crippen LogP contribution in [0.2, 0.25) is 0 Å². The molecule has 1 saturated heterocycles. The lowest BCUT2D eigenvalue weighted by molar-refractivity contribution is 0.161. The van der Waals surface area contributed by atoms with Crippen molar-refractivity contribution in [2.45, 2.75) is 45.6 Å². The zero-order valence-electron chi connectivity index (χ0n) is 12.9. The molecule has 118 valence electrons. The van der Waals surface area contributed by atoms with Crippen molar-refractivity contribution in [3.8, 4) is 0 Å². The Morgan fingerprint density at radius 3 is 2.57 bits per heavy atom. The average Bonchev–Trinajstić information content (AvgIpc) is 2.45. The fraction of sp³-hybridized carbons (Fsp3) is 0.786. The van der Waals surface area contributed by atoms with E-state index in [1.54, 1.807) is 0 Å². The van der Waals surface area contributed by atoms with Gasteiger partial charge >= 0.3 is 0 Å². The van der Waals surface area contributed by atoms with E-state index in [9.17, 15) is 5.11 Å². The highest BCUT2D eigenvalue weighted by atomic mass is 16.3. The Kier molecular flexibility index (Phi) is 5.55. The second kappa shape index (κ2) is 7.40. The molecular formula is C14H26N6O. The number of aliphatic hydroxyl groups is 1. The third kappa shape index (κ3) is 5.00. The molecule has 7 heteroatoms. The number of nitrogens with one attached hydrogen (secondary N) is 1. The number of nitrogens with two attached hydrogens (primary N) is 1. The predicted molar refractivity (Wildman–Crippen MR) is 84.3 cm³/mol. The molecule has 0 spiro atoms. The predicted octanol–water partition coefficient (Wildman–Crippen LogP) is 1.26. The fourth-order valence-corrected chi connectivity index (χ4v) is 2.53. The number of aromatic nitrogens is 3. The van der Waals surface area contributed by atoms with E-state index in [0.29, 0.717) is 24.4 Å². The summed E-state index contributed by atoms with van der Waals surface area (Å²) in [6.45, 7) is 6.50. The Morgan fingerprint density at radius 2 is 1.90 bits per heavy atom. The van der Waals surface area contributed by atoms with E-state index in [2.05, 4.69) is 39.0 Å². The third-order valence-corrected chi connectivity index (χ3v) is 3.52. The van der Waals surface area contributed by atoms with E-state index in [0.717, 1.165) is 32.4 Å². The molecule has 7 nitrogen and oxygen atoms in total. The van der Waals surface area contributed by atoms with Crippen molar-refractivity contribution >= 4 is 17.8 Å². The molecule has 1 aromatic rings. The minimum absolute atomic E-state index is 0.214. The summed E-state index contributed by atoms with van der Waals surface area (Å²) in [7, 11) is 0. The van der Waals surface area contributed by atoms with Crippen molar-refractivity contribution in [3.63, 3.8) is 0 Å². The zero-order chi connectivity index (χ0) is 15.2. The average molecular weight is 294 g/mol. The molecule has 2 heterocycles. The first-order valence-corrected chi connectivity index (χ1v) is 7.73. The van der Waals surface area contributed by atoms with Crippen LogP contribution >= 0.6 is 0 Å². The third-order valence-electron chi connectivity index (χ3n) is 3.52. The van der Waals surface area contributed by atoms with E-state index in [1.807, 2.05) is 0 Å². The molecule has 0 bridgehead atoms.